The predicted molar refractivity (Wildman–Crippen MR) is 142 cm³/mol. The Morgan fingerprint density at radius 3 is 2.73 bits per heavy atom. The molecule has 14 heteroatoms. The first-order valence-electron chi connectivity index (χ1n) is 13.0. The van der Waals surface area contributed by atoms with Gasteiger partial charge in [-0.3, -0.25) is 0 Å². The zero-order valence-electron chi connectivity index (χ0n) is 22.2. The van der Waals surface area contributed by atoms with Crippen LogP contribution < -0.4 is 10.6 Å². The number of thiazole rings is 1. The lowest BCUT2D eigenvalue weighted by atomic mass is 10.0. The van der Waals surface area contributed by atoms with Crippen molar-refractivity contribution in [2.75, 3.05) is 36.9 Å². The van der Waals surface area contributed by atoms with Crippen molar-refractivity contribution in [2.45, 2.75) is 57.4 Å². The summed E-state index contributed by atoms with van der Waals surface area (Å²) >= 11 is 1.44. The molecule has 0 spiro atoms. The van der Waals surface area contributed by atoms with Crippen molar-refractivity contribution in [3.8, 4) is 10.6 Å². The Morgan fingerprint density at radius 1 is 1.20 bits per heavy atom. The van der Waals surface area contributed by atoms with E-state index < -0.39 is 30.3 Å². The monoisotopic (exact) mass is 578 g/mol. The second kappa shape index (κ2) is 9.70. The quantitative estimate of drug-likeness (QED) is 0.393. The van der Waals surface area contributed by atoms with Crippen LogP contribution in [-0.4, -0.2) is 76.0 Å². The van der Waals surface area contributed by atoms with Crippen LogP contribution in [0, 0.1) is 12.8 Å². The van der Waals surface area contributed by atoms with Crippen LogP contribution >= 0.6 is 11.3 Å². The lowest BCUT2D eigenvalue weighted by molar-refractivity contribution is -0.167. The predicted octanol–water partition coefficient (Wildman–Crippen LogP) is 5.16. The van der Waals surface area contributed by atoms with Gasteiger partial charge in [-0.25, -0.2) is 14.8 Å². The molecule has 3 atom stereocenters. The molecule has 0 bridgehead atoms. The molecule has 4 heterocycles. The third kappa shape index (κ3) is 5.15. The summed E-state index contributed by atoms with van der Waals surface area (Å²) in [6.45, 7) is 5.36. The Balaban J connectivity index is 1.39. The highest BCUT2D eigenvalue weighted by molar-refractivity contribution is 7.21. The topological polar surface area (TPSA) is 111 Å². The number of rotatable bonds is 7. The molecule has 214 valence electrons. The average Bonchev–Trinajstić information content (AvgIpc) is 3.60. The number of hydrogen-bond donors (Lipinski definition) is 2. The number of aryl methyl sites for hydroxylation is 1. The third-order valence-electron chi connectivity index (χ3n) is 7.29. The van der Waals surface area contributed by atoms with Gasteiger partial charge in [0, 0.05) is 12.5 Å². The Hall–Kier alpha value is -3.23. The summed E-state index contributed by atoms with van der Waals surface area (Å²) in [4.78, 5) is 27.4. The maximum atomic E-state index is 13.0. The van der Waals surface area contributed by atoms with Gasteiger partial charge in [0.15, 0.2) is 11.5 Å². The number of cyclic esters (lactones) is 1. The Bertz CT molecular complexity index is 1420. The molecule has 2 N–H and O–H groups in total. The molecule has 3 aliphatic rings. The average molecular weight is 579 g/mol. The number of alkyl halides is 3. The fourth-order valence-electron chi connectivity index (χ4n) is 5.72. The summed E-state index contributed by atoms with van der Waals surface area (Å²) in [5, 5.41) is 6.37. The minimum Gasteiger partial charge on any atom is -0.448 e. The summed E-state index contributed by atoms with van der Waals surface area (Å²) in [7, 11) is 0. The molecule has 0 unspecified atom stereocenters. The smallest absolute Gasteiger partial charge is 0.409 e. The summed E-state index contributed by atoms with van der Waals surface area (Å²) in [6.07, 6.45) is -4.03. The number of nitrogens with zero attached hydrogens (tertiary/aromatic N) is 4. The number of ether oxygens (including phenoxy) is 3. The molecular weight excluding hydrogens is 549 g/mol. The van der Waals surface area contributed by atoms with Crippen LogP contribution in [0.2, 0.25) is 0 Å². The second-order valence-electron chi connectivity index (χ2n) is 10.7. The fourth-order valence-corrected chi connectivity index (χ4v) is 6.78. The molecule has 0 radical (unpaired) electrons. The molecule has 40 heavy (non-hydrogen) atoms. The first-order valence-corrected chi connectivity index (χ1v) is 13.9. The van der Waals surface area contributed by atoms with Crippen LogP contribution in [0.25, 0.3) is 20.8 Å². The standard InChI is InChI=1S/C26H29F3N6O4S/c1-14-18(21-32-16-6-4-5-7-17(16)40-21)20(33-22(31-14)30-13-26(27,28)29)34-25-9-8-15(12-35-10-11-37-23(35)36)19(25)38-24(2,3)39-25/h4-7,15,19H,8-13H2,1-3H3,(H2,30,31,33,34)/t15-,19-,25-/m1/s1. The van der Waals surface area contributed by atoms with E-state index in [4.69, 9.17) is 19.2 Å². The van der Waals surface area contributed by atoms with Crippen molar-refractivity contribution in [1.82, 2.24) is 19.9 Å². The largest absolute Gasteiger partial charge is 0.448 e. The number of carbonyl (C=O) groups excluding carboxylic acids is 1. The first kappa shape index (κ1) is 27.0. The van der Waals surface area contributed by atoms with Crippen molar-refractivity contribution in [2.24, 2.45) is 5.92 Å². The second-order valence-corrected chi connectivity index (χ2v) is 11.8. The van der Waals surface area contributed by atoms with Crippen LogP contribution in [0.1, 0.15) is 32.4 Å². The molecule has 3 aromatic rings. The highest BCUT2D eigenvalue weighted by Crippen LogP contribution is 2.50. The molecule has 1 aliphatic carbocycles. The molecule has 6 rings (SSSR count). The van der Waals surface area contributed by atoms with Crippen LogP contribution in [-0.2, 0) is 14.2 Å². The van der Waals surface area contributed by atoms with Gasteiger partial charge in [-0.05, 0) is 45.7 Å². The number of fused-ring (bicyclic) bond motifs is 2. The molecule has 1 saturated carbocycles. The van der Waals surface area contributed by atoms with Gasteiger partial charge in [0.1, 0.15) is 30.1 Å². The summed E-state index contributed by atoms with van der Waals surface area (Å²) in [5.74, 6) is -0.875. The van der Waals surface area contributed by atoms with E-state index in [1.54, 1.807) is 11.8 Å². The van der Waals surface area contributed by atoms with Gasteiger partial charge in [0.2, 0.25) is 5.95 Å². The Labute approximate surface area is 232 Å². The minimum atomic E-state index is -4.44. The highest BCUT2D eigenvalue weighted by atomic mass is 32.1. The van der Waals surface area contributed by atoms with Gasteiger partial charge in [-0.2, -0.15) is 18.2 Å². The van der Waals surface area contributed by atoms with E-state index in [2.05, 4.69) is 20.6 Å². The normalized spacial score (nSPS) is 25.9. The van der Waals surface area contributed by atoms with E-state index in [0.717, 1.165) is 10.2 Å². The van der Waals surface area contributed by atoms with Gasteiger partial charge in [-0.15, -0.1) is 11.3 Å². The molecular formula is C26H29F3N6O4S. The molecule has 2 saturated heterocycles. The van der Waals surface area contributed by atoms with Gasteiger partial charge < -0.3 is 29.7 Å². The molecule has 2 aliphatic heterocycles. The number of aromatic nitrogens is 3. The highest BCUT2D eigenvalue weighted by Gasteiger charge is 2.60. The van der Waals surface area contributed by atoms with Crippen molar-refractivity contribution < 1.29 is 32.2 Å². The molecule has 3 fully saturated rings. The number of anilines is 2. The van der Waals surface area contributed by atoms with Crippen molar-refractivity contribution in [3.05, 3.63) is 30.0 Å². The Morgan fingerprint density at radius 2 is 2.00 bits per heavy atom. The van der Waals surface area contributed by atoms with Gasteiger partial charge >= 0.3 is 12.3 Å². The van der Waals surface area contributed by atoms with Gasteiger partial charge in [-0.1, -0.05) is 12.1 Å². The van der Waals surface area contributed by atoms with Gasteiger partial charge in [0.25, 0.3) is 0 Å². The number of amides is 1. The van der Waals surface area contributed by atoms with Crippen LogP contribution in [0.3, 0.4) is 0 Å². The fraction of sp³-hybridized carbons (Fsp3) is 0.538. The van der Waals surface area contributed by atoms with E-state index in [0.29, 0.717) is 54.6 Å². The van der Waals surface area contributed by atoms with E-state index in [1.807, 2.05) is 38.1 Å². The van der Waals surface area contributed by atoms with Crippen molar-refractivity contribution >= 4 is 39.4 Å². The molecule has 1 aromatic carbocycles. The minimum absolute atomic E-state index is 0.0587. The number of carbonyl (C=O) groups is 1. The zero-order valence-corrected chi connectivity index (χ0v) is 23.0. The SMILES string of the molecule is Cc1nc(NCC(F)(F)F)nc(N[C@@]23CC[C@H](CN4CCOC4=O)[C@H]2OC(C)(C)O3)c1-c1nc2ccccc2s1. The number of hydrogen-bond acceptors (Lipinski definition) is 10. The first-order chi connectivity index (χ1) is 18.9. The van der Waals surface area contributed by atoms with E-state index in [9.17, 15) is 18.0 Å². The summed E-state index contributed by atoms with van der Waals surface area (Å²) in [6, 6.07) is 7.66. The van der Waals surface area contributed by atoms with E-state index in [1.165, 1.54) is 11.3 Å². The van der Waals surface area contributed by atoms with Crippen molar-refractivity contribution in [3.63, 3.8) is 0 Å². The molecule has 2 aromatic heterocycles. The number of para-hydroxylation sites is 1. The lowest BCUT2D eigenvalue weighted by Crippen LogP contribution is -2.47. The zero-order chi connectivity index (χ0) is 28.3. The van der Waals surface area contributed by atoms with E-state index in [-0.39, 0.29) is 18.0 Å². The van der Waals surface area contributed by atoms with Crippen molar-refractivity contribution in [1.29, 1.82) is 0 Å². The van der Waals surface area contributed by atoms with Crippen LogP contribution in [0.15, 0.2) is 24.3 Å². The maximum Gasteiger partial charge on any atom is 0.409 e. The maximum absolute atomic E-state index is 13.0. The third-order valence-corrected chi connectivity index (χ3v) is 8.34. The summed E-state index contributed by atoms with van der Waals surface area (Å²) < 4.78 is 58.0. The summed E-state index contributed by atoms with van der Waals surface area (Å²) in [5.41, 5.74) is 0.794. The van der Waals surface area contributed by atoms with E-state index >= 15 is 0 Å². The molecule has 1 amide bonds. The number of nitrogens with one attached hydrogen (secondary N) is 2. The van der Waals surface area contributed by atoms with Crippen LogP contribution in [0.5, 0.6) is 0 Å². The van der Waals surface area contributed by atoms with Crippen LogP contribution in [0.4, 0.5) is 29.7 Å². The Kier molecular flexibility index (Phi) is 6.54. The number of halogens is 3. The van der Waals surface area contributed by atoms with Gasteiger partial charge in [0.05, 0.1) is 28.0 Å². The number of benzene rings is 1. The molecule has 10 nitrogen and oxygen atoms in total. The lowest BCUT2D eigenvalue weighted by Gasteiger charge is -2.32.